The minimum absolute atomic E-state index is 0.0307. The number of rotatable bonds is 6. The van der Waals surface area contributed by atoms with E-state index in [1.54, 1.807) is 0 Å². The van der Waals surface area contributed by atoms with Crippen LogP contribution >= 0.6 is 0 Å². The van der Waals surface area contributed by atoms with Gasteiger partial charge in [0.25, 0.3) is 0 Å². The van der Waals surface area contributed by atoms with E-state index < -0.39 is 0 Å². The molecule has 2 atom stereocenters. The summed E-state index contributed by atoms with van der Waals surface area (Å²) in [5, 5.41) is 3.08. The van der Waals surface area contributed by atoms with Gasteiger partial charge in [-0.05, 0) is 13.5 Å². The SMILES string of the molecule is CCCOCC(=O)C1COCC1NC. The van der Waals surface area contributed by atoms with Crippen molar-refractivity contribution in [3.8, 4) is 0 Å². The Kier molecular flexibility index (Phi) is 5.07. The van der Waals surface area contributed by atoms with Crippen LogP contribution in [0.4, 0.5) is 0 Å². The van der Waals surface area contributed by atoms with E-state index in [9.17, 15) is 4.79 Å². The molecule has 14 heavy (non-hydrogen) atoms. The molecule has 1 fully saturated rings. The zero-order chi connectivity index (χ0) is 10.4. The van der Waals surface area contributed by atoms with E-state index in [0.29, 0.717) is 19.8 Å². The molecule has 0 aromatic carbocycles. The number of Topliss-reactive ketones (excluding diaryl/α,β-unsaturated/α-hetero) is 1. The molecule has 0 bridgehead atoms. The van der Waals surface area contributed by atoms with Crippen LogP contribution in [-0.4, -0.2) is 45.3 Å². The van der Waals surface area contributed by atoms with Gasteiger partial charge in [0.2, 0.25) is 0 Å². The Balaban J connectivity index is 2.28. The van der Waals surface area contributed by atoms with Crippen molar-refractivity contribution in [3.05, 3.63) is 0 Å². The number of carbonyl (C=O) groups excluding carboxylic acids is 1. The Labute approximate surface area is 85.0 Å². The van der Waals surface area contributed by atoms with E-state index >= 15 is 0 Å². The number of ketones is 1. The van der Waals surface area contributed by atoms with Crippen molar-refractivity contribution in [3.63, 3.8) is 0 Å². The van der Waals surface area contributed by atoms with E-state index in [1.807, 2.05) is 14.0 Å². The molecule has 2 unspecified atom stereocenters. The molecule has 0 spiro atoms. The average Bonchev–Trinajstić information content (AvgIpc) is 2.65. The topological polar surface area (TPSA) is 47.6 Å². The summed E-state index contributed by atoms with van der Waals surface area (Å²) in [5.74, 6) is 0.118. The number of ether oxygens (including phenoxy) is 2. The van der Waals surface area contributed by atoms with Gasteiger partial charge < -0.3 is 14.8 Å². The molecular weight excluding hydrogens is 182 g/mol. The van der Waals surface area contributed by atoms with Crippen LogP contribution in [0.15, 0.2) is 0 Å². The lowest BCUT2D eigenvalue weighted by Gasteiger charge is -2.15. The fraction of sp³-hybridized carbons (Fsp3) is 0.900. The van der Waals surface area contributed by atoms with Gasteiger partial charge >= 0.3 is 0 Å². The van der Waals surface area contributed by atoms with Crippen molar-refractivity contribution >= 4 is 5.78 Å². The van der Waals surface area contributed by atoms with Crippen molar-refractivity contribution in [2.75, 3.05) is 33.5 Å². The number of nitrogens with one attached hydrogen (secondary N) is 1. The molecular formula is C10H19NO3. The highest BCUT2D eigenvalue weighted by Crippen LogP contribution is 2.14. The molecule has 4 nitrogen and oxygen atoms in total. The molecule has 0 aromatic heterocycles. The maximum absolute atomic E-state index is 11.6. The first-order valence-corrected chi connectivity index (χ1v) is 5.15. The van der Waals surface area contributed by atoms with Crippen LogP contribution in [0, 0.1) is 5.92 Å². The second kappa shape index (κ2) is 6.11. The number of hydrogen-bond acceptors (Lipinski definition) is 4. The second-order valence-corrected chi connectivity index (χ2v) is 3.56. The third-order valence-electron chi connectivity index (χ3n) is 2.46. The van der Waals surface area contributed by atoms with Crippen molar-refractivity contribution in [1.29, 1.82) is 0 Å². The van der Waals surface area contributed by atoms with E-state index in [4.69, 9.17) is 9.47 Å². The molecule has 0 saturated carbocycles. The van der Waals surface area contributed by atoms with Crippen LogP contribution in [-0.2, 0) is 14.3 Å². The molecule has 1 aliphatic heterocycles. The van der Waals surface area contributed by atoms with Crippen LogP contribution < -0.4 is 5.32 Å². The van der Waals surface area contributed by atoms with Crippen LogP contribution in [0.3, 0.4) is 0 Å². The molecule has 0 amide bonds. The van der Waals surface area contributed by atoms with Gasteiger partial charge in [-0.3, -0.25) is 4.79 Å². The monoisotopic (exact) mass is 201 g/mol. The summed E-state index contributed by atoms with van der Waals surface area (Å²) in [4.78, 5) is 11.6. The largest absolute Gasteiger partial charge is 0.379 e. The predicted molar refractivity (Wildman–Crippen MR) is 53.3 cm³/mol. The summed E-state index contributed by atoms with van der Waals surface area (Å²) >= 11 is 0. The lowest BCUT2D eigenvalue weighted by molar-refractivity contribution is -0.127. The maximum atomic E-state index is 11.6. The first-order chi connectivity index (χ1) is 6.79. The molecule has 0 radical (unpaired) electrons. The molecule has 1 heterocycles. The fourth-order valence-corrected chi connectivity index (χ4v) is 1.58. The standard InChI is InChI=1S/C10H19NO3/c1-3-4-13-7-10(12)8-5-14-6-9(8)11-2/h8-9,11H,3-7H2,1-2H3. The highest BCUT2D eigenvalue weighted by Gasteiger charge is 2.32. The van der Waals surface area contributed by atoms with Crippen LogP contribution in [0.2, 0.25) is 0 Å². The summed E-state index contributed by atoms with van der Waals surface area (Å²) < 4.78 is 10.5. The van der Waals surface area contributed by atoms with Crippen LogP contribution in [0.1, 0.15) is 13.3 Å². The summed E-state index contributed by atoms with van der Waals surface area (Å²) in [6, 6.07) is 0.160. The van der Waals surface area contributed by atoms with Crippen LogP contribution in [0.5, 0.6) is 0 Å². The smallest absolute Gasteiger partial charge is 0.165 e. The average molecular weight is 201 g/mol. The first kappa shape index (κ1) is 11.6. The van der Waals surface area contributed by atoms with Gasteiger partial charge in [0.1, 0.15) is 6.61 Å². The maximum Gasteiger partial charge on any atom is 0.165 e. The van der Waals surface area contributed by atoms with E-state index in [1.165, 1.54) is 0 Å². The predicted octanol–water partition coefficient (Wildman–Crippen LogP) is 0.216. The number of likely N-dealkylation sites (N-methyl/N-ethyl adjacent to an activating group) is 1. The molecule has 1 aliphatic rings. The van der Waals surface area contributed by atoms with Crippen molar-refractivity contribution in [2.24, 2.45) is 5.92 Å². The quantitative estimate of drug-likeness (QED) is 0.624. The molecule has 4 heteroatoms. The van der Waals surface area contributed by atoms with Gasteiger partial charge in [0, 0.05) is 12.6 Å². The van der Waals surface area contributed by atoms with Gasteiger partial charge in [-0.2, -0.15) is 0 Å². The summed E-state index contributed by atoms with van der Waals surface area (Å²) in [7, 11) is 1.85. The van der Waals surface area contributed by atoms with Crippen molar-refractivity contribution in [2.45, 2.75) is 19.4 Å². The van der Waals surface area contributed by atoms with E-state index in [-0.39, 0.29) is 24.3 Å². The van der Waals surface area contributed by atoms with Gasteiger partial charge in [-0.25, -0.2) is 0 Å². The van der Waals surface area contributed by atoms with Crippen molar-refractivity contribution in [1.82, 2.24) is 5.32 Å². The summed E-state index contributed by atoms with van der Waals surface area (Å²) in [6.07, 6.45) is 0.948. The minimum Gasteiger partial charge on any atom is -0.379 e. The molecule has 0 aliphatic carbocycles. The Morgan fingerprint density at radius 3 is 3.00 bits per heavy atom. The summed E-state index contributed by atoms with van der Waals surface area (Å²) in [5.41, 5.74) is 0. The van der Waals surface area contributed by atoms with Gasteiger partial charge in [-0.15, -0.1) is 0 Å². The third-order valence-corrected chi connectivity index (χ3v) is 2.46. The summed E-state index contributed by atoms with van der Waals surface area (Å²) in [6.45, 7) is 4.06. The third kappa shape index (κ3) is 3.04. The fourth-order valence-electron chi connectivity index (χ4n) is 1.58. The van der Waals surface area contributed by atoms with Gasteiger partial charge in [0.15, 0.2) is 5.78 Å². The highest BCUT2D eigenvalue weighted by molar-refractivity contribution is 5.83. The first-order valence-electron chi connectivity index (χ1n) is 5.15. The van der Waals surface area contributed by atoms with Crippen molar-refractivity contribution < 1.29 is 14.3 Å². The Bertz CT molecular complexity index is 184. The molecule has 1 N–H and O–H groups in total. The molecule has 0 aromatic rings. The number of hydrogen-bond donors (Lipinski definition) is 1. The van der Waals surface area contributed by atoms with E-state index in [0.717, 1.165) is 6.42 Å². The lowest BCUT2D eigenvalue weighted by atomic mass is 9.99. The van der Waals surface area contributed by atoms with Gasteiger partial charge in [0.05, 0.1) is 19.1 Å². The molecule has 1 rings (SSSR count). The molecule has 1 saturated heterocycles. The zero-order valence-corrected chi connectivity index (χ0v) is 8.91. The Hall–Kier alpha value is -0.450. The number of carbonyl (C=O) groups is 1. The Morgan fingerprint density at radius 1 is 1.57 bits per heavy atom. The molecule has 82 valence electrons. The van der Waals surface area contributed by atoms with E-state index in [2.05, 4.69) is 5.32 Å². The highest BCUT2D eigenvalue weighted by atomic mass is 16.5. The zero-order valence-electron chi connectivity index (χ0n) is 8.91. The minimum atomic E-state index is -0.0307. The Morgan fingerprint density at radius 2 is 2.36 bits per heavy atom. The second-order valence-electron chi connectivity index (χ2n) is 3.56. The lowest BCUT2D eigenvalue weighted by Crippen LogP contribution is -2.38. The van der Waals surface area contributed by atoms with Crippen LogP contribution in [0.25, 0.3) is 0 Å². The van der Waals surface area contributed by atoms with Gasteiger partial charge in [-0.1, -0.05) is 6.92 Å². The normalized spacial score (nSPS) is 26.7.